The molecule has 2 heterocycles. The van der Waals surface area contributed by atoms with Gasteiger partial charge in [-0.15, -0.1) is 5.10 Å². The quantitative estimate of drug-likeness (QED) is 0.492. The molecule has 1 aliphatic heterocycles. The van der Waals surface area contributed by atoms with Crippen LogP contribution in [0.15, 0.2) is 30.3 Å². The Morgan fingerprint density at radius 2 is 1.89 bits per heavy atom. The molecule has 196 valence electrons. The number of hydrogen-bond donors (Lipinski definition) is 1. The van der Waals surface area contributed by atoms with Gasteiger partial charge in [-0.1, -0.05) is 31.9 Å². The molecule has 1 saturated heterocycles. The second-order valence-corrected chi connectivity index (χ2v) is 10.3. The Morgan fingerprint density at radius 3 is 2.58 bits per heavy atom. The smallest absolute Gasteiger partial charge is 0.271 e. The summed E-state index contributed by atoms with van der Waals surface area (Å²) in [6, 6.07) is 9.65. The number of halogens is 2. The Morgan fingerprint density at radius 1 is 1.14 bits per heavy atom. The molecule has 0 radical (unpaired) electrons. The van der Waals surface area contributed by atoms with Gasteiger partial charge in [0.25, 0.3) is 11.8 Å². The van der Waals surface area contributed by atoms with E-state index in [9.17, 15) is 13.6 Å². The predicted molar refractivity (Wildman–Crippen MR) is 136 cm³/mol. The maximum atomic E-state index is 14.4. The number of rotatable bonds is 9. The minimum atomic E-state index is -2.83. The monoisotopic (exact) mass is 500 g/mol. The van der Waals surface area contributed by atoms with Gasteiger partial charge in [0.05, 0.1) is 18.3 Å². The van der Waals surface area contributed by atoms with E-state index >= 15 is 0 Å². The zero-order valence-electron chi connectivity index (χ0n) is 21.4. The number of amides is 1. The topological polar surface area (TPSA) is 67.4 Å². The van der Waals surface area contributed by atoms with Crippen molar-refractivity contribution in [3.63, 3.8) is 0 Å². The van der Waals surface area contributed by atoms with Gasteiger partial charge in [-0.05, 0) is 82.3 Å². The molecular weight excluding hydrogens is 462 g/mol. The molecule has 36 heavy (non-hydrogen) atoms. The summed E-state index contributed by atoms with van der Waals surface area (Å²) in [6.07, 6.45) is 9.25. The molecule has 1 unspecified atom stereocenters. The lowest BCUT2D eigenvalue weighted by Crippen LogP contribution is -2.50. The lowest BCUT2D eigenvalue weighted by atomic mass is 9.93. The van der Waals surface area contributed by atoms with Gasteiger partial charge < -0.3 is 15.0 Å². The number of likely N-dealkylation sites (tertiary alicyclic amines) is 1. The summed E-state index contributed by atoms with van der Waals surface area (Å²) in [5, 5.41) is 11.2. The molecule has 1 amide bonds. The number of alkyl halides is 2. The minimum Gasteiger partial charge on any atom is -0.490 e. The van der Waals surface area contributed by atoms with Crippen LogP contribution in [0.1, 0.15) is 74.5 Å². The van der Waals surface area contributed by atoms with Gasteiger partial charge >= 0.3 is 0 Å². The van der Waals surface area contributed by atoms with Crippen molar-refractivity contribution in [1.29, 1.82) is 0 Å². The van der Waals surface area contributed by atoms with E-state index in [1.54, 1.807) is 18.0 Å². The van der Waals surface area contributed by atoms with E-state index in [4.69, 9.17) is 4.74 Å². The highest BCUT2D eigenvalue weighted by atomic mass is 19.3. The highest BCUT2D eigenvalue weighted by Gasteiger charge is 2.43. The first-order valence-corrected chi connectivity index (χ1v) is 13.3. The number of aryl methyl sites for hydroxylation is 1. The van der Waals surface area contributed by atoms with Crippen molar-refractivity contribution in [2.24, 2.45) is 5.92 Å². The Hall–Kier alpha value is -2.61. The third-order valence-electron chi connectivity index (χ3n) is 7.34. The molecule has 8 heteroatoms. The van der Waals surface area contributed by atoms with Gasteiger partial charge in [0.1, 0.15) is 5.75 Å². The summed E-state index contributed by atoms with van der Waals surface area (Å²) >= 11 is 0. The van der Waals surface area contributed by atoms with Gasteiger partial charge in [0.15, 0.2) is 5.69 Å². The van der Waals surface area contributed by atoms with E-state index in [1.807, 2.05) is 24.3 Å². The van der Waals surface area contributed by atoms with Crippen molar-refractivity contribution in [2.45, 2.75) is 76.7 Å². The fourth-order valence-electron chi connectivity index (χ4n) is 5.11. The SMILES string of the molecule is CCCCc1nnc(C(=O)NCC2CCN(C)CC2(F)F)cc1-c1ccc(OC2CCCCC2)cc1. The molecule has 1 saturated carbocycles. The fourth-order valence-corrected chi connectivity index (χ4v) is 5.11. The molecule has 2 aromatic rings. The fraction of sp³-hybridized carbons (Fsp3) is 0.607. The molecular formula is C28H38F2N4O2. The second-order valence-electron chi connectivity index (χ2n) is 10.3. The maximum absolute atomic E-state index is 14.4. The van der Waals surface area contributed by atoms with E-state index in [0.717, 1.165) is 54.7 Å². The van der Waals surface area contributed by atoms with Gasteiger partial charge in [0.2, 0.25) is 0 Å². The van der Waals surface area contributed by atoms with Crippen molar-refractivity contribution in [3.8, 4) is 16.9 Å². The molecule has 1 aliphatic carbocycles. The summed E-state index contributed by atoms with van der Waals surface area (Å²) in [5.41, 5.74) is 2.75. The Balaban J connectivity index is 1.47. The highest BCUT2D eigenvalue weighted by Crippen LogP contribution is 2.32. The Labute approximate surface area is 212 Å². The van der Waals surface area contributed by atoms with E-state index < -0.39 is 17.7 Å². The number of ether oxygens (including phenoxy) is 1. The molecule has 0 bridgehead atoms. The zero-order valence-corrected chi connectivity index (χ0v) is 21.4. The first-order chi connectivity index (χ1) is 17.4. The number of nitrogens with one attached hydrogen (secondary N) is 1. The van der Waals surface area contributed by atoms with E-state index in [0.29, 0.717) is 13.0 Å². The number of carbonyl (C=O) groups excluding carboxylic acids is 1. The van der Waals surface area contributed by atoms with Crippen LogP contribution < -0.4 is 10.1 Å². The second kappa shape index (κ2) is 12.1. The molecule has 1 aromatic heterocycles. The normalized spacial score (nSPS) is 20.7. The molecule has 4 rings (SSSR count). The van der Waals surface area contributed by atoms with Gasteiger partial charge in [-0.25, -0.2) is 8.78 Å². The average molecular weight is 501 g/mol. The summed E-state index contributed by atoms with van der Waals surface area (Å²) < 4.78 is 34.9. The Bertz CT molecular complexity index is 1010. The molecule has 2 fully saturated rings. The summed E-state index contributed by atoms with van der Waals surface area (Å²) in [5.74, 6) is -3.34. The van der Waals surface area contributed by atoms with Crippen molar-refractivity contribution >= 4 is 5.91 Å². The van der Waals surface area contributed by atoms with Crippen molar-refractivity contribution < 1.29 is 18.3 Å². The number of benzene rings is 1. The van der Waals surface area contributed by atoms with Crippen LogP contribution >= 0.6 is 0 Å². The van der Waals surface area contributed by atoms with Gasteiger partial charge in [-0.3, -0.25) is 4.79 Å². The first-order valence-electron chi connectivity index (χ1n) is 13.3. The van der Waals surface area contributed by atoms with Gasteiger partial charge in [0, 0.05) is 18.0 Å². The van der Waals surface area contributed by atoms with E-state index in [2.05, 4.69) is 22.4 Å². The minimum absolute atomic E-state index is 0.0819. The highest BCUT2D eigenvalue weighted by molar-refractivity contribution is 5.93. The summed E-state index contributed by atoms with van der Waals surface area (Å²) in [7, 11) is 1.69. The number of piperidine rings is 1. The van der Waals surface area contributed by atoms with E-state index in [1.165, 1.54) is 19.3 Å². The van der Waals surface area contributed by atoms with Crippen LogP contribution in [-0.2, 0) is 6.42 Å². The van der Waals surface area contributed by atoms with E-state index in [-0.39, 0.29) is 24.9 Å². The summed E-state index contributed by atoms with van der Waals surface area (Å²) in [4.78, 5) is 14.5. The standard InChI is InChI=1S/C28H38F2N4O2/c1-3-4-10-25-24(20-11-13-23(14-12-20)36-22-8-6-5-7-9-22)17-26(33-32-25)27(35)31-18-21-15-16-34(2)19-28(21,29)30/h11-14,17,21-22H,3-10,15-16,18-19H2,1-2H3,(H,31,35). The maximum Gasteiger partial charge on any atom is 0.271 e. The molecule has 1 atom stereocenters. The van der Waals surface area contributed by atoms with Crippen molar-refractivity contribution in [3.05, 3.63) is 41.7 Å². The van der Waals surface area contributed by atoms with Gasteiger partial charge in [-0.2, -0.15) is 5.10 Å². The number of carbonyl (C=O) groups is 1. The summed E-state index contributed by atoms with van der Waals surface area (Å²) in [6.45, 7) is 2.34. The Kier molecular flexibility index (Phi) is 8.88. The van der Waals surface area contributed by atoms with Crippen LogP contribution in [0.4, 0.5) is 8.78 Å². The van der Waals surface area contributed by atoms with Crippen LogP contribution in [0.2, 0.25) is 0 Å². The largest absolute Gasteiger partial charge is 0.490 e. The molecule has 6 nitrogen and oxygen atoms in total. The molecule has 1 aromatic carbocycles. The average Bonchev–Trinajstić information content (AvgIpc) is 2.87. The van der Waals surface area contributed by atoms with Crippen molar-refractivity contribution in [1.82, 2.24) is 20.4 Å². The third kappa shape index (κ3) is 6.78. The molecule has 2 aliphatic rings. The first kappa shape index (κ1) is 26.5. The number of unbranched alkanes of at least 4 members (excludes halogenated alkanes) is 1. The lowest BCUT2D eigenvalue weighted by Gasteiger charge is -2.36. The van der Waals surface area contributed by atoms with Crippen LogP contribution in [-0.4, -0.2) is 59.7 Å². The number of nitrogens with zero attached hydrogens (tertiary/aromatic N) is 3. The zero-order chi connectivity index (χ0) is 25.5. The van der Waals surface area contributed by atoms with Crippen LogP contribution in [0.3, 0.4) is 0 Å². The predicted octanol–water partition coefficient (Wildman–Crippen LogP) is 5.51. The van der Waals surface area contributed by atoms with Crippen LogP contribution in [0.5, 0.6) is 5.75 Å². The van der Waals surface area contributed by atoms with Crippen LogP contribution in [0.25, 0.3) is 11.1 Å². The lowest BCUT2D eigenvalue weighted by molar-refractivity contribution is -0.103. The molecule has 1 N–H and O–H groups in total. The molecule has 0 spiro atoms. The van der Waals surface area contributed by atoms with Crippen LogP contribution in [0, 0.1) is 5.92 Å². The van der Waals surface area contributed by atoms with Crippen molar-refractivity contribution in [2.75, 3.05) is 26.7 Å². The number of hydrogen-bond acceptors (Lipinski definition) is 5. The number of aromatic nitrogens is 2. The third-order valence-corrected chi connectivity index (χ3v) is 7.34.